The van der Waals surface area contributed by atoms with Crippen LogP contribution in [0.4, 0.5) is 0 Å². The molecule has 2 heteroatoms. The number of nitrogens with one attached hydrogen (secondary N) is 1. The van der Waals surface area contributed by atoms with Crippen LogP contribution in [-0.4, -0.2) is 18.7 Å². The lowest BCUT2D eigenvalue weighted by Crippen LogP contribution is -2.37. The molecule has 0 fully saturated rings. The van der Waals surface area contributed by atoms with Crippen molar-refractivity contribution < 1.29 is 4.74 Å². The lowest BCUT2D eigenvalue weighted by Gasteiger charge is -2.26. The second-order valence-corrected chi connectivity index (χ2v) is 4.68. The average molecular weight is 211 g/mol. The molecular weight excluding hydrogens is 186 g/mol. The summed E-state index contributed by atoms with van der Waals surface area (Å²) in [6.45, 7) is 7.57. The maximum Gasteiger partial charge on any atom is 0.0876 e. The van der Waals surface area contributed by atoms with E-state index >= 15 is 0 Å². The number of unbranched alkanes of at least 4 members (excludes halogenated alkanes) is 1. The molecule has 1 heterocycles. The van der Waals surface area contributed by atoms with Crippen LogP contribution in [0.25, 0.3) is 0 Å². The second-order valence-electron chi connectivity index (χ2n) is 4.68. The van der Waals surface area contributed by atoms with E-state index in [2.05, 4.69) is 26.1 Å². The molecule has 1 rings (SSSR count). The Morgan fingerprint density at radius 1 is 1.47 bits per heavy atom. The summed E-state index contributed by atoms with van der Waals surface area (Å²) in [5, 5.41) is 3.64. The minimum atomic E-state index is 0.533. The summed E-state index contributed by atoms with van der Waals surface area (Å²) in [6, 6.07) is 1.08. The van der Waals surface area contributed by atoms with Crippen molar-refractivity contribution in [1.29, 1.82) is 0 Å². The molecule has 2 nitrogen and oxygen atoms in total. The number of rotatable bonds is 6. The van der Waals surface area contributed by atoms with Gasteiger partial charge in [-0.1, -0.05) is 33.6 Å². The zero-order chi connectivity index (χ0) is 11.1. The zero-order valence-electron chi connectivity index (χ0n) is 10.4. The van der Waals surface area contributed by atoms with Gasteiger partial charge in [-0.3, -0.25) is 0 Å². The summed E-state index contributed by atoms with van der Waals surface area (Å²) in [5.74, 6) is 0. The minimum Gasteiger partial charge on any atom is -0.501 e. The molecule has 0 saturated heterocycles. The standard InChI is InChI=1S/C13H25NO/c1-4-5-8-13(14-11(2)3)12-7-6-9-15-10-12/h10-11,13-14H,4-9H2,1-3H3. The van der Waals surface area contributed by atoms with Crippen LogP contribution in [0.1, 0.15) is 52.9 Å². The third-order valence-corrected chi connectivity index (χ3v) is 2.79. The van der Waals surface area contributed by atoms with E-state index in [-0.39, 0.29) is 0 Å². The molecule has 15 heavy (non-hydrogen) atoms. The smallest absolute Gasteiger partial charge is 0.0876 e. The topological polar surface area (TPSA) is 21.3 Å². The fourth-order valence-corrected chi connectivity index (χ4v) is 2.03. The first kappa shape index (κ1) is 12.6. The van der Waals surface area contributed by atoms with Gasteiger partial charge in [-0.25, -0.2) is 0 Å². The quantitative estimate of drug-likeness (QED) is 0.728. The third kappa shape index (κ3) is 4.70. The molecule has 88 valence electrons. The van der Waals surface area contributed by atoms with E-state index in [0.717, 1.165) is 6.61 Å². The maximum atomic E-state index is 5.42. The van der Waals surface area contributed by atoms with Gasteiger partial charge >= 0.3 is 0 Å². The number of ether oxygens (including phenoxy) is 1. The molecule has 1 aliphatic rings. The monoisotopic (exact) mass is 211 g/mol. The van der Waals surface area contributed by atoms with Crippen LogP contribution in [0.3, 0.4) is 0 Å². The van der Waals surface area contributed by atoms with Crippen LogP contribution in [0.5, 0.6) is 0 Å². The van der Waals surface area contributed by atoms with Crippen molar-refractivity contribution in [2.45, 2.75) is 65.0 Å². The van der Waals surface area contributed by atoms with E-state index in [9.17, 15) is 0 Å². The van der Waals surface area contributed by atoms with E-state index in [4.69, 9.17) is 4.74 Å². The molecule has 1 N–H and O–H groups in total. The Morgan fingerprint density at radius 3 is 2.80 bits per heavy atom. The third-order valence-electron chi connectivity index (χ3n) is 2.79. The Balaban J connectivity index is 2.49. The summed E-state index contributed by atoms with van der Waals surface area (Å²) in [5.41, 5.74) is 1.46. The van der Waals surface area contributed by atoms with E-state index in [0.29, 0.717) is 12.1 Å². The van der Waals surface area contributed by atoms with Crippen molar-refractivity contribution in [3.8, 4) is 0 Å². The highest BCUT2D eigenvalue weighted by molar-refractivity contribution is 5.10. The Labute approximate surface area is 94.1 Å². The van der Waals surface area contributed by atoms with Crippen molar-refractivity contribution in [3.63, 3.8) is 0 Å². The molecule has 0 aromatic rings. The van der Waals surface area contributed by atoms with Crippen LogP contribution in [0.2, 0.25) is 0 Å². The lowest BCUT2D eigenvalue weighted by molar-refractivity contribution is 0.217. The molecule has 0 bridgehead atoms. The van der Waals surface area contributed by atoms with Gasteiger partial charge in [0.2, 0.25) is 0 Å². The van der Waals surface area contributed by atoms with Gasteiger partial charge in [0.1, 0.15) is 0 Å². The van der Waals surface area contributed by atoms with Crippen LogP contribution in [0, 0.1) is 0 Å². The number of hydrogen-bond donors (Lipinski definition) is 1. The molecule has 0 aliphatic carbocycles. The van der Waals surface area contributed by atoms with Gasteiger partial charge in [0.05, 0.1) is 12.9 Å². The van der Waals surface area contributed by atoms with Crippen molar-refractivity contribution in [2.24, 2.45) is 0 Å². The first-order valence-corrected chi connectivity index (χ1v) is 6.30. The van der Waals surface area contributed by atoms with E-state index in [1.807, 2.05) is 6.26 Å². The second kappa shape index (κ2) is 6.89. The van der Waals surface area contributed by atoms with Crippen LogP contribution >= 0.6 is 0 Å². The van der Waals surface area contributed by atoms with Crippen molar-refractivity contribution in [3.05, 3.63) is 11.8 Å². The van der Waals surface area contributed by atoms with Gasteiger partial charge in [-0.15, -0.1) is 0 Å². The number of hydrogen-bond acceptors (Lipinski definition) is 2. The fraction of sp³-hybridized carbons (Fsp3) is 0.846. The average Bonchev–Trinajstić information content (AvgIpc) is 2.25. The van der Waals surface area contributed by atoms with Crippen molar-refractivity contribution >= 4 is 0 Å². The highest BCUT2D eigenvalue weighted by atomic mass is 16.5. The molecule has 1 unspecified atom stereocenters. The Hall–Kier alpha value is -0.500. The molecule has 0 saturated carbocycles. The van der Waals surface area contributed by atoms with Gasteiger partial charge in [-0.2, -0.15) is 0 Å². The highest BCUT2D eigenvalue weighted by Gasteiger charge is 2.16. The van der Waals surface area contributed by atoms with Gasteiger partial charge in [0.25, 0.3) is 0 Å². The highest BCUT2D eigenvalue weighted by Crippen LogP contribution is 2.19. The van der Waals surface area contributed by atoms with Crippen molar-refractivity contribution in [2.75, 3.05) is 6.61 Å². The predicted octanol–water partition coefficient (Wildman–Crippen LogP) is 3.24. The van der Waals surface area contributed by atoms with Gasteiger partial charge in [0, 0.05) is 12.1 Å². The zero-order valence-corrected chi connectivity index (χ0v) is 10.4. The first-order valence-electron chi connectivity index (χ1n) is 6.30. The summed E-state index contributed by atoms with van der Waals surface area (Å²) in [7, 11) is 0. The van der Waals surface area contributed by atoms with Crippen molar-refractivity contribution in [1.82, 2.24) is 5.32 Å². The maximum absolute atomic E-state index is 5.42. The van der Waals surface area contributed by atoms with E-state index in [1.54, 1.807) is 0 Å². The molecule has 0 aromatic carbocycles. The van der Waals surface area contributed by atoms with Crippen LogP contribution in [0.15, 0.2) is 11.8 Å². The summed E-state index contributed by atoms with van der Waals surface area (Å²) < 4.78 is 5.42. The van der Waals surface area contributed by atoms with Crippen LogP contribution < -0.4 is 5.32 Å². The molecular formula is C13H25NO. The normalized spacial score (nSPS) is 18.5. The fourth-order valence-electron chi connectivity index (χ4n) is 2.03. The SMILES string of the molecule is CCCCC(NC(C)C)C1=COCCC1. The Morgan fingerprint density at radius 2 is 2.27 bits per heavy atom. The van der Waals surface area contributed by atoms with E-state index < -0.39 is 0 Å². The van der Waals surface area contributed by atoms with Gasteiger partial charge < -0.3 is 10.1 Å². The Bertz CT molecular complexity index is 199. The molecule has 0 spiro atoms. The molecule has 0 amide bonds. The first-order chi connectivity index (χ1) is 7.24. The van der Waals surface area contributed by atoms with Gasteiger partial charge in [-0.05, 0) is 24.8 Å². The molecule has 1 atom stereocenters. The largest absolute Gasteiger partial charge is 0.501 e. The van der Waals surface area contributed by atoms with Gasteiger partial charge in [0.15, 0.2) is 0 Å². The minimum absolute atomic E-state index is 0.533. The Kier molecular flexibility index (Phi) is 5.77. The predicted molar refractivity (Wildman–Crippen MR) is 64.9 cm³/mol. The molecule has 1 aliphatic heterocycles. The summed E-state index contributed by atoms with van der Waals surface area (Å²) >= 11 is 0. The molecule has 0 aromatic heterocycles. The van der Waals surface area contributed by atoms with E-state index in [1.165, 1.54) is 37.7 Å². The lowest BCUT2D eigenvalue weighted by atomic mass is 9.97. The summed E-state index contributed by atoms with van der Waals surface area (Å²) in [6.07, 6.45) is 8.16. The van der Waals surface area contributed by atoms with Crippen LogP contribution in [-0.2, 0) is 4.74 Å². The molecule has 0 radical (unpaired) electrons. The summed E-state index contributed by atoms with van der Waals surface area (Å²) in [4.78, 5) is 0.